The van der Waals surface area contributed by atoms with Crippen molar-refractivity contribution in [2.45, 2.75) is 31.2 Å². The van der Waals surface area contributed by atoms with Gasteiger partial charge < -0.3 is 9.47 Å². The Hall–Kier alpha value is -1.67. The zero-order valence-corrected chi connectivity index (χ0v) is 13.1. The lowest BCUT2D eigenvalue weighted by Crippen LogP contribution is -2.05. The van der Waals surface area contributed by atoms with Crippen molar-refractivity contribution >= 4 is 11.6 Å². The van der Waals surface area contributed by atoms with Crippen LogP contribution in [0.25, 0.3) is 0 Å². The van der Waals surface area contributed by atoms with E-state index < -0.39 is 0 Å². The molecule has 110 valence electrons. The minimum Gasteiger partial charge on any atom is -0.497 e. The van der Waals surface area contributed by atoms with E-state index in [1.54, 1.807) is 7.11 Å². The summed E-state index contributed by atoms with van der Waals surface area (Å²) >= 11 is 6.59. The van der Waals surface area contributed by atoms with E-state index in [1.807, 2.05) is 24.3 Å². The molecule has 0 spiro atoms. The molecule has 2 atom stereocenters. The van der Waals surface area contributed by atoms with Crippen molar-refractivity contribution in [3.05, 3.63) is 59.2 Å². The van der Waals surface area contributed by atoms with Crippen LogP contribution in [0.1, 0.15) is 29.0 Å². The number of alkyl halides is 1. The lowest BCUT2D eigenvalue weighted by atomic mass is 10.0. The number of benzene rings is 2. The molecule has 3 heteroatoms. The van der Waals surface area contributed by atoms with Crippen LogP contribution in [0.15, 0.2) is 42.5 Å². The normalized spacial score (nSPS) is 18.0. The molecule has 2 aromatic rings. The summed E-state index contributed by atoms with van der Waals surface area (Å²) in [5, 5.41) is -0.0432. The second-order valence-electron chi connectivity index (χ2n) is 5.52. The number of ether oxygens (including phenoxy) is 2. The predicted octanol–water partition coefficient (Wildman–Crippen LogP) is 4.54. The summed E-state index contributed by atoms with van der Waals surface area (Å²) in [7, 11) is 1.68. The van der Waals surface area contributed by atoms with E-state index in [0.717, 1.165) is 29.9 Å². The zero-order chi connectivity index (χ0) is 14.8. The third-order valence-corrected chi connectivity index (χ3v) is 4.24. The van der Waals surface area contributed by atoms with Gasteiger partial charge in [0.25, 0.3) is 0 Å². The minimum atomic E-state index is -0.0432. The molecule has 3 rings (SSSR count). The molecule has 1 heterocycles. The van der Waals surface area contributed by atoms with Crippen LogP contribution >= 0.6 is 11.6 Å². The van der Waals surface area contributed by atoms with Crippen molar-refractivity contribution in [2.24, 2.45) is 0 Å². The maximum atomic E-state index is 6.59. The third kappa shape index (κ3) is 3.16. The van der Waals surface area contributed by atoms with Crippen LogP contribution in [-0.4, -0.2) is 13.2 Å². The maximum Gasteiger partial charge on any atom is 0.123 e. The van der Waals surface area contributed by atoms with Crippen molar-refractivity contribution in [3.8, 4) is 11.5 Å². The van der Waals surface area contributed by atoms with Gasteiger partial charge in [0.2, 0.25) is 0 Å². The summed E-state index contributed by atoms with van der Waals surface area (Å²) < 4.78 is 11.0. The highest BCUT2D eigenvalue weighted by Crippen LogP contribution is 2.34. The largest absolute Gasteiger partial charge is 0.497 e. The van der Waals surface area contributed by atoms with Gasteiger partial charge in [0.05, 0.1) is 12.5 Å². The molecule has 1 aliphatic heterocycles. The molecular formula is C18H19ClO2. The Labute approximate surface area is 130 Å². The first-order chi connectivity index (χ1) is 10.2. The standard InChI is InChI=1S/C18H19ClO2/c1-12-8-15-11-14(6-7-18(15)21-12)17(19)10-13-4-3-5-16(9-13)20-2/h3-7,9,11-12,17H,8,10H2,1-2H3. The van der Waals surface area contributed by atoms with Crippen LogP contribution in [0.2, 0.25) is 0 Å². The molecule has 0 fully saturated rings. The van der Waals surface area contributed by atoms with Crippen LogP contribution in [-0.2, 0) is 12.8 Å². The summed E-state index contributed by atoms with van der Waals surface area (Å²) in [6.45, 7) is 2.09. The molecule has 0 aromatic heterocycles. The van der Waals surface area contributed by atoms with Crippen molar-refractivity contribution in [2.75, 3.05) is 7.11 Å². The van der Waals surface area contributed by atoms with E-state index in [2.05, 4.69) is 25.1 Å². The van der Waals surface area contributed by atoms with Gasteiger partial charge in [-0.2, -0.15) is 0 Å². The Bertz CT molecular complexity index is 639. The topological polar surface area (TPSA) is 18.5 Å². The molecule has 0 saturated heterocycles. The minimum absolute atomic E-state index is 0.0432. The highest BCUT2D eigenvalue weighted by molar-refractivity contribution is 6.20. The molecule has 2 nitrogen and oxygen atoms in total. The van der Waals surface area contributed by atoms with Crippen molar-refractivity contribution < 1.29 is 9.47 Å². The van der Waals surface area contributed by atoms with E-state index in [9.17, 15) is 0 Å². The lowest BCUT2D eigenvalue weighted by molar-refractivity contribution is 0.254. The van der Waals surface area contributed by atoms with Gasteiger partial charge in [-0.3, -0.25) is 0 Å². The summed E-state index contributed by atoms with van der Waals surface area (Å²) in [5.41, 5.74) is 3.59. The number of hydrogen-bond donors (Lipinski definition) is 0. The molecule has 0 radical (unpaired) electrons. The third-order valence-electron chi connectivity index (χ3n) is 3.83. The van der Waals surface area contributed by atoms with E-state index in [4.69, 9.17) is 21.1 Å². The monoisotopic (exact) mass is 302 g/mol. The first-order valence-corrected chi connectivity index (χ1v) is 7.66. The summed E-state index contributed by atoms with van der Waals surface area (Å²) in [6.07, 6.45) is 2.02. The molecule has 1 aliphatic rings. The molecule has 0 bridgehead atoms. The molecular weight excluding hydrogens is 284 g/mol. The lowest BCUT2D eigenvalue weighted by Gasteiger charge is -2.12. The Morgan fingerprint density at radius 2 is 2.14 bits per heavy atom. The van der Waals surface area contributed by atoms with E-state index in [-0.39, 0.29) is 11.5 Å². The Kier molecular flexibility index (Phi) is 4.07. The fourth-order valence-corrected chi connectivity index (χ4v) is 3.07. The zero-order valence-electron chi connectivity index (χ0n) is 12.3. The Morgan fingerprint density at radius 3 is 2.95 bits per heavy atom. The van der Waals surface area contributed by atoms with Crippen LogP contribution < -0.4 is 9.47 Å². The van der Waals surface area contributed by atoms with E-state index in [0.29, 0.717) is 0 Å². The van der Waals surface area contributed by atoms with Gasteiger partial charge in [0, 0.05) is 6.42 Å². The fourth-order valence-electron chi connectivity index (χ4n) is 2.76. The second-order valence-corrected chi connectivity index (χ2v) is 6.05. The van der Waals surface area contributed by atoms with Crippen LogP contribution in [0.3, 0.4) is 0 Å². The van der Waals surface area contributed by atoms with Gasteiger partial charge in [0.1, 0.15) is 17.6 Å². The van der Waals surface area contributed by atoms with Crippen molar-refractivity contribution in [3.63, 3.8) is 0 Å². The SMILES string of the molecule is COc1cccc(CC(Cl)c2ccc3c(c2)CC(C)O3)c1. The highest BCUT2D eigenvalue weighted by Gasteiger charge is 2.20. The number of rotatable bonds is 4. The van der Waals surface area contributed by atoms with Gasteiger partial charge >= 0.3 is 0 Å². The molecule has 0 aliphatic carbocycles. The Balaban J connectivity index is 1.76. The summed E-state index contributed by atoms with van der Waals surface area (Å²) in [4.78, 5) is 0. The fraction of sp³-hybridized carbons (Fsp3) is 0.333. The van der Waals surface area contributed by atoms with Gasteiger partial charge in [-0.15, -0.1) is 11.6 Å². The van der Waals surface area contributed by atoms with Gasteiger partial charge in [-0.25, -0.2) is 0 Å². The summed E-state index contributed by atoms with van der Waals surface area (Å²) in [6, 6.07) is 14.3. The molecule has 21 heavy (non-hydrogen) atoms. The molecule has 0 amide bonds. The van der Waals surface area contributed by atoms with E-state index >= 15 is 0 Å². The molecule has 0 saturated carbocycles. The van der Waals surface area contributed by atoms with Gasteiger partial charge in [-0.05, 0) is 48.2 Å². The molecule has 2 unspecified atom stereocenters. The first kappa shape index (κ1) is 14.3. The Morgan fingerprint density at radius 1 is 1.29 bits per heavy atom. The van der Waals surface area contributed by atoms with Crippen LogP contribution in [0.4, 0.5) is 0 Å². The smallest absolute Gasteiger partial charge is 0.123 e. The average molecular weight is 303 g/mol. The number of methoxy groups -OCH3 is 1. The number of halogens is 1. The quantitative estimate of drug-likeness (QED) is 0.772. The highest BCUT2D eigenvalue weighted by atomic mass is 35.5. The van der Waals surface area contributed by atoms with E-state index in [1.165, 1.54) is 11.1 Å². The van der Waals surface area contributed by atoms with Crippen LogP contribution in [0, 0.1) is 0 Å². The number of hydrogen-bond acceptors (Lipinski definition) is 2. The van der Waals surface area contributed by atoms with Crippen LogP contribution in [0.5, 0.6) is 11.5 Å². The molecule has 0 N–H and O–H groups in total. The first-order valence-electron chi connectivity index (χ1n) is 7.22. The molecule has 2 aromatic carbocycles. The van der Waals surface area contributed by atoms with Crippen molar-refractivity contribution in [1.82, 2.24) is 0 Å². The average Bonchev–Trinajstić information content (AvgIpc) is 2.86. The van der Waals surface area contributed by atoms with Gasteiger partial charge in [0.15, 0.2) is 0 Å². The van der Waals surface area contributed by atoms with Crippen molar-refractivity contribution in [1.29, 1.82) is 0 Å². The summed E-state index contributed by atoms with van der Waals surface area (Å²) in [5.74, 6) is 1.86. The maximum absolute atomic E-state index is 6.59. The second kappa shape index (κ2) is 5.98. The van der Waals surface area contributed by atoms with Gasteiger partial charge in [-0.1, -0.05) is 24.3 Å². The predicted molar refractivity (Wildman–Crippen MR) is 85.5 cm³/mol. The number of fused-ring (bicyclic) bond motifs is 1.